The van der Waals surface area contributed by atoms with Gasteiger partial charge in [0.15, 0.2) is 6.10 Å². The summed E-state index contributed by atoms with van der Waals surface area (Å²) in [6.07, 6.45) is 67.7. The lowest BCUT2D eigenvalue weighted by atomic mass is 10.0. The molecule has 2 atom stereocenters. The number of allylic oxidation sites excluding steroid dienone is 8. The first kappa shape index (κ1) is 67.0. The van der Waals surface area contributed by atoms with Gasteiger partial charge in [0, 0.05) is 19.4 Å². The maximum absolute atomic E-state index is 12.6. The van der Waals surface area contributed by atoms with Gasteiger partial charge >= 0.3 is 19.8 Å². The smallest absolute Gasteiger partial charge is 0.462 e. The third-order valence-electron chi connectivity index (χ3n) is 12.7. The molecule has 0 aliphatic carbocycles. The van der Waals surface area contributed by atoms with Crippen LogP contribution in [-0.4, -0.2) is 49.3 Å². The summed E-state index contributed by atoms with van der Waals surface area (Å²) >= 11 is 0. The first-order valence-electron chi connectivity index (χ1n) is 29.1. The number of unbranched alkanes of at least 4 members (excludes halogenated alkanes) is 34. The molecule has 0 amide bonds. The van der Waals surface area contributed by atoms with Crippen LogP contribution >= 0.6 is 7.82 Å². The van der Waals surface area contributed by atoms with Gasteiger partial charge < -0.3 is 20.1 Å². The SMILES string of the molecule is CC/C=C\C/C=C\C/C=C\CCCCCCCC(=O)OC(COC(=O)CCCCCCCCCCCCCCCCCCCCCCC/C=C\CCCCCCCCCC)COP(=O)(O)OCCN. The zero-order valence-corrected chi connectivity index (χ0v) is 45.9. The van der Waals surface area contributed by atoms with Crippen LogP contribution < -0.4 is 5.73 Å². The number of hydrogen-bond acceptors (Lipinski definition) is 8. The molecule has 0 bridgehead atoms. The molecule has 0 spiro atoms. The van der Waals surface area contributed by atoms with Crippen molar-refractivity contribution in [1.29, 1.82) is 0 Å². The van der Waals surface area contributed by atoms with Crippen molar-refractivity contribution in [3.05, 3.63) is 48.6 Å². The van der Waals surface area contributed by atoms with Gasteiger partial charge in [-0.25, -0.2) is 4.57 Å². The number of phosphoric acid groups is 1. The predicted octanol–water partition coefficient (Wildman–Crippen LogP) is 18.2. The summed E-state index contributed by atoms with van der Waals surface area (Å²) in [5.41, 5.74) is 5.37. The van der Waals surface area contributed by atoms with Gasteiger partial charge in [-0.2, -0.15) is 0 Å². The second-order valence-corrected chi connectivity index (χ2v) is 20.9. The van der Waals surface area contributed by atoms with E-state index in [-0.39, 0.29) is 38.6 Å². The average Bonchev–Trinajstić information content (AvgIpc) is 3.34. The monoisotopic (exact) mass is 992 g/mol. The molecule has 10 heteroatoms. The molecular formula is C59H110NO8P. The van der Waals surface area contributed by atoms with Crippen LogP contribution in [0.3, 0.4) is 0 Å². The van der Waals surface area contributed by atoms with Gasteiger partial charge in [-0.15, -0.1) is 0 Å². The Balaban J connectivity index is 3.83. The van der Waals surface area contributed by atoms with E-state index in [9.17, 15) is 19.0 Å². The van der Waals surface area contributed by atoms with Crippen molar-refractivity contribution in [3.8, 4) is 0 Å². The number of carbonyl (C=O) groups excluding carboxylic acids is 2. The van der Waals surface area contributed by atoms with Crippen LogP contribution in [0.1, 0.15) is 284 Å². The van der Waals surface area contributed by atoms with E-state index in [2.05, 4.69) is 62.5 Å². The zero-order valence-electron chi connectivity index (χ0n) is 45.1. The van der Waals surface area contributed by atoms with Crippen molar-refractivity contribution in [2.24, 2.45) is 5.73 Å². The summed E-state index contributed by atoms with van der Waals surface area (Å²) in [4.78, 5) is 35.1. The van der Waals surface area contributed by atoms with Crippen molar-refractivity contribution in [2.45, 2.75) is 290 Å². The topological polar surface area (TPSA) is 134 Å². The Morgan fingerprint density at radius 3 is 1.20 bits per heavy atom. The minimum absolute atomic E-state index is 0.0502. The number of nitrogens with two attached hydrogens (primary N) is 1. The van der Waals surface area contributed by atoms with Gasteiger partial charge in [0.25, 0.3) is 0 Å². The molecule has 3 N–H and O–H groups in total. The number of phosphoric ester groups is 1. The van der Waals surface area contributed by atoms with Crippen molar-refractivity contribution in [2.75, 3.05) is 26.4 Å². The summed E-state index contributed by atoms with van der Waals surface area (Å²) in [6, 6.07) is 0. The van der Waals surface area contributed by atoms with Gasteiger partial charge in [-0.3, -0.25) is 18.6 Å². The summed E-state index contributed by atoms with van der Waals surface area (Å²) in [5.74, 6) is -0.838. The molecule has 0 aliphatic rings. The Morgan fingerprint density at radius 1 is 0.449 bits per heavy atom. The molecule has 0 aromatic rings. The minimum Gasteiger partial charge on any atom is -0.462 e. The van der Waals surface area contributed by atoms with E-state index >= 15 is 0 Å². The molecule has 0 aliphatic heterocycles. The van der Waals surface area contributed by atoms with E-state index in [1.165, 1.54) is 180 Å². The molecule has 0 rings (SSSR count). The van der Waals surface area contributed by atoms with Gasteiger partial charge in [-0.05, 0) is 70.6 Å². The molecule has 0 aromatic heterocycles. The number of rotatable bonds is 55. The van der Waals surface area contributed by atoms with Gasteiger partial charge in [0.2, 0.25) is 0 Å². The highest BCUT2D eigenvalue weighted by Crippen LogP contribution is 2.43. The fourth-order valence-electron chi connectivity index (χ4n) is 8.41. The zero-order chi connectivity index (χ0) is 50.2. The fourth-order valence-corrected chi connectivity index (χ4v) is 9.18. The lowest BCUT2D eigenvalue weighted by Gasteiger charge is -2.19. The van der Waals surface area contributed by atoms with E-state index in [4.69, 9.17) is 24.3 Å². The van der Waals surface area contributed by atoms with Crippen LogP contribution in [0.15, 0.2) is 48.6 Å². The number of hydrogen-bond donors (Lipinski definition) is 2. The van der Waals surface area contributed by atoms with Crippen molar-refractivity contribution in [3.63, 3.8) is 0 Å². The molecule has 0 radical (unpaired) electrons. The molecule has 69 heavy (non-hydrogen) atoms. The summed E-state index contributed by atoms with van der Waals surface area (Å²) in [5, 5.41) is 0. The largest absolute Gasteiger partial charge is 0.472 e. The Hall–Kier alpha value is -2.03. The summed E-state index contributed by atoms with van der Waals surface area (Å²) in [6.45, 7) is 3.64. The maximum atomic E-state index is 12.6. The van der Waals surface area contributed by atoms with Crippen molar-refractivity contribution in [1.82, 2.24) is 0 Å². The lowest BCUT2D eigenvalue weighted by Crippen LogP contribution is -2.29. The molecule has 0 saturated carbocycles. The predicted molar refractivity (Wildman–Crippen MR) is 293 cm³/mol. The molecular weight excluding hydrogens is 882 g/mol. The first-order chi connectivity index (χ1) is 33.8. The van der Waals surface area contributed by atoms with E-state index in [0.29, 0.717) is 6.42 Å². The van der Waals surface area contributed by atoms with Crippen LogP contribution in [0.5, 0.6) is 0 Å². The van der Waals surface area contributed by atoms with E-state index in [1.807, 2.05) is 0 Å². The van der Waals surface area contributed by atoms with E-state index < -0.39 is 26.5 Å². The van der Waals surface area contributed by atoms with Gasteiger partial charge in [0.05, 0.1) is 13.2 Å². The molecule has 2 unspecified atom stereocenters. The number of ether oxygens (including phenoxy) is 2. The van der Waals surface area contributed by atoms with E-state index in [1.54, 1.807) is 0 Å². The summed E-state index contributed by atoms with van der Waals surface area (Å²) < 4.78 is 32.9. The second-order valence-electron chi connectivity index (χ2n) is 19.5. The minimum atomic E-state index is -4.39. The Morgan fingerprint density at radius 2 is 0.797 bits per heavy atom. The molecule has 0 aromatic carbocycles. The number of carbonyl (C=O) groups is 2. The van der Waals surface area contributed by atoms with Crippen LogP contribution in [-0.2, 0) is 32.7 Å². The van der Waals surface area contributed by atoms with Crippen molar-refractivity contribution < 1.29 is 37.6 Å². The third kappa shape index (κ3) is 55.1. The standard InChI is InChI=1S/C59H110NO8P/c1-3-5-7-9-11-13-15-17-19-20-21-22-23-24-25-26-27-28-29-30-31-32-33-34-35-36-38-39-41-43-45-47-49-51-58(61)65-55-57(56-67-69(63,64)66-54-53-60)68-59(62)52-50-48-46-44-42-40-37-18-16-14-12-10-8-6-4-2/h6,8,12,14,18,20-21,37,57H,3-5,7,9-11,13,15-17,19,22-36,38-56,60H2,1-2H3,(H,63,64)/b8-6-,14-12-,21-20-,37-18-. The number of esters is 2. The first-order valence-corrected chi connectivity index (χ1v) is 30.6. The van der Waals surface area contributed by atoms with Gasteiger partial charge in [-0.1, -0.05) is 249 Å². The molecule has 0 fully saturated rings. The molecule has 0 heterocycles. The third-order valence-corrected chi connectivity index (χ3v) is 13.7. The van der Waals surface area contributed by atoms with Crippen molar-refractivity contribution >= 4 is 19.8 Å². The normalized spacial score (nSPS) is 13.4. The fraction of sp³-hybridized carbons (Fsp3) is 0.831. The molecule has 9 nitrogen and oxygen atoms in total. The Bertz CT molecular complexity index is 1270. The highest BCUT2D eigenvalue weighted by Gasteiger charge is 2.26. The highest BCUT2D eigenvalue weighted by molar-refractivity contribution is 7.47. The second kappa shape index (κ2) is 55.3. The van der Waals surface area contributed by atoms with E-state index in [0.717, 1.165) is 70.6 Å². The Kier molecular flexibility index (Phi) is 53.7. The highest BCUT2D eigenvalue weighted by atomic mass is 31.2. The quantitative estimate of drug-likeness (QED) is 0.0264. The van der Waals surface area contributed by atoms with Crippen LogP contribution in [0, 0.1) is 0 Å². The summed E-state index contributed by atoms with van der Waals surface area (Å²) in [7, 11) is -4.39. The van der Waals surface area contributed by atoms with Gasteiger partial charge in [0.1, 0.15) is 6.61 Å². The maximum Gasteiger partial charge on any atom is 0.472 e. The van der Waals surface area contributed by atoms with Crippen LogP contribution in [0.4, 0.5) is 0 Å². The van der Waals surface area contributed by atoms with Crippen LogP contribution in [0.2, 0.25) is 0 Å². The Labute approximate surface area is 426 Å². The molecule has 404 valence electrons. The lowest BCUT2D eigenvalue weighted by molar-refractivity contribution is -0.161. The average molecular weight is 993 g/mol. The van der Waals surface area contributed by atoms with Crippen LogP contribution in [0.25, 0.3) is 0 Å². The molecule has 0 saturated heterocycles.